The van der Waals surface area contributed by atoms with E-state index in [-0.39, 0.29) is 11.9 Å². The third-order valence-electron chi connectivity index (χ3n) is 6.21. The zero-order chi connectivity index (χ0) is 19.8. The van der Waals surface area contributed by atoms with Gasteiger partial charge in [-0.15, -0.1) is 11.3 Å². The molecule has 1 saturated heterocycles. The lowest BCUT2D eigenvalue weighted by molar-refractivity contribution is 0.0583. The van der Waals surface area contributed by atoms with Gasteiger partial charge in [-0.3, -0.25) is 14.7 Å². The van der Waals surface area contributed by atoms with Crippen LogP contribution in [0.5, 0.6) is 0 Å². The fourth-order valence-corrected chi connectivity index (χ4v) is 5.69. The lowest BCUT2D eigenvalue weighted by Crippen LogP contribution is -2.49. The topological polar surface area (TPSA) is 36.4 Å². The number of carbonyl (C=O) groups excluding carboxylic acids is 1. The van der Waals surface area contributed by atoms with Gasteiger partial charge in [0.05, 0.1) is 10.6 Å². The average Bonchev–Trinajstić information content (AvgIpc) is 3.24. The Morgan fingerprint density at radius 3 is 2.55 bits per heavy atom. The van der Waals surface area contributed by atoms with Crippen molar-refractivity contribution in [1.29, 1.82) is 0 Å². The summed E-state index contributed by atoms with van der Waals surface area (Å²) in [6.45, 7) is 5.52. The molecule has 1 amide bonds. The monoisotopic (exact) mass is 403 g/mol. The Balaban J connectivity index is 1.28. The summed E-state index contributed by atoms with van der Waals surface area (Å²) in [5.74, 6) is 0.187. The predicted molar refractivity (Wildman–Crippen MR) is 117 cm³/mol. The number of aromatic nitrogens is 1. The Bertz CT molecular complexity index is 1020. The third-order valence-corrected chi connectivity index (χ3v) is 7.41. The van der Waals surface area contributed by atoms with E-state index >= 15 is 0 Å². The van der Waals surface area contributed by atoms with Crippen LogP contribution in [0.15, 0.2) is 54.7 Å². The van der Waals surface area contributed by atoms with Crippen LogP contribution in [-0.4, -0.2) is 46.9 Å². The lowest BCUT2D eigenvalue weighted by Gasteiger charge is -2.37. The van der Waals surface area contributed by atoms with Gasteiger partial charge in [0.15, 0.2) is 0 Å². The minimum absolute atomic E-state index is 0.187. The molecule has 1 aliphatic carbocycles. The number of thiophene rings is 1. The minimum Gasteiger partial charge on any atom is -0.335 e. The molecule has 5 rings (SSSR count). The highest BCUT2D eigenvalue weighted by Crippen LogP contribution is 2.39. The fourth-order valence-electron chi connectivity index (χ4n) is 4.46. The van der Waals surface area contributed by atoms with Crippen molar-refractivity contribution in [3.63, 3.8) is 0 Å². The summed E-state index contributed by atoms with van der Waals surface area (Å²) in [5.41, 5.74) is 5.14. The van der Waals surface area contributed by atoms with Gasteiger partial charge in [-0.1, -0.05) is 30.3 Å². The largest absolute Gasteiger partial charge is 0.335 e. The van der Waals surface area contributed by atoms with E-state index in [4.69, 9.17) is 0 Å². The van der Waals surface area contributed by atoms with Crippen LogP contribution >= 0.6 is 11.3 Å². The van der Waals surface area contributed by atoms with E-state index in [9.17, 15) is 4.79 Å². The smallest absolute Gasteiger partial charge is 0.264 e. The van der Waals surface area contributed by atoms with Gasteiger partial charge >= 0.3 is 0 Å². The van der Waals surface area contributed by atoms with Crippen LogP contribution in [0.4, 0.5) is 0 Å². The van der Waals surface area contributed by atoms with Gasteiger partial charge < -0.3 is 4.90 Å². The first-order valence-electron chi connectivity index (χ1n) is 10.4. The predicted octanol–water partition coefficient (Wildman–Crippen LogP) is 4.43. The van der Waals surface area contributed by atoms with Crippen molar-refractivity contribution in [1.82, 2.24) is 14.8 Å². The number of aryl methyl sites for hydroxylation is 2. The van der Waals surface area contributed by atoms with E-state index in [1.165, 1.54) is 21.6 Å². The number of carbonyl (C=O) groups is 1. The van der Waals surface area contributed by atoms with Crippen molar-refractivity contribution in [3.05, 3.63) is 76.4 Å². The number of rotatable bonds is 3. The average molecular weight is 404 g/mol. The van der Waals surface area contributed by atoms with Gasteiger partial charge in [-0.05, 0) is 54.7 Å². The molecule has 5 heteroatoms. The maximum Gasteiger partial charge on any atom is 0.264 e. The highest BCUT2D eigenvalue weighted by Gasteiger charge is 2.28. The molecule has 1 aromatic carbocycles. The van der Waals surface area contributed by atoms with Crippen molar-refractivity contribution in [3.8, 4) is 10.4 Å². The quantitative estimate of drug-likeness (QED) is 0.649. The number of hydrogen-bond acceptors (Lipinski definition) is 4. The van der Waals surface area contributed by atoms with Crippen molar-refractivity contribution in [2.45, 2.75) is 25.8 Å². The summed E-state index contributed by atoms with van der Waals surface area (Å²) in [6, 6.07) is 17.1. The molecule has 3 heterocycles. The van der Waals surface area contributed by atoms with Crippen molar-refractivity contribution in [2.75, 3.05) is 26.2 Å². The molecule has 0 bridgehead atoms. The van der Waals surface area contributed by atoms with E-state index in [1.807, 2.05) is 23.2 Å². The van der Waals surface area contributed by atoms with E-state index in [2.05, 4.69) is 53.2 Å². The maximum absolute atomic E-state index is 13.2. The summed E-state index contributed by atoms with van der Waals surface area (Å²) < 4.78 is 0. The molecule has 2 aliphatic rings. The number of benzene rings is 1. The van der Waals surface area contributed by atoms with Crippen molar-refractivity contribution >= 4 is 17.2 Å². The van der Waals surface area contributed by atoms with E-state index in [0.717, 1.165) is 49.6 Å². The van der Waals surface area contributed by atoms with Crippen molar-refractivity contribution in [2.24, 2.45) is 0 Å². The first-order valence-corrected chi connectivity index (χ1v) is 11.2. The number of amides is 1. The van der Waals surface area contributed by atoms with Crippen LogP contribution < -0.4 is 0 Å². The summed E-state index contributed by atoms with van der Waals surface area (Å²) in [6.07, 6.45) is 3.95. The molecular formula is C24H25N3OS. The Kier molecular flexibility index (Phi) is 4.94. The second-order valence-electron chi connectivity index (χ2n) is 7.88. The number of fused-ring (bicyclic) bond motifs is 3. The van der Waals surface area contributed by atoms with Gasteiger partial charge in [-0.2, -0.15) is 0 Å². The molecule has 0 radical (unpaired) electrons. The van der Waals surface area contributed by atoms with Gasteiger partial charge in [-0.25, -0.2) is 0 Å². The molecular weight excluding hydrogens is 378 g/mol. The highest BCUT2D eigenvalue weighted by molar-refractivity contribution is 7.17. The van der Waals surface area contributed by atoms with Crippen LogP contribution in [0.1, 0.15) is 39.5 Å². The first kappa shape index (κ1) is 18.5. The summed E-state index contributed by atoms with van der Waals surface area (Å²) in [4.78, 5) is 24.3. The first-order chi connectivity index (χ1) is 14.2. The fraction of sp³-hybridized carbons (Fsp3) is 0.333. The molecule has 29 heavy (non-hydrogen) atoms. The molecule has 0 N–H and O–H groups in total. The molecule has 4 nitrogen and oxygen atoms in total. The summed E-state index contributed by atoms with van der Waals surface area (Å²) in [5, 5.41) is 0. The highest BCUT2D eigenvalue weighted by atomic mass is 32.1. The summed E-state index contributed by atoms with van der Waals surface area (Å²) in [7, 11) is 0. The Morgan fingerprint density at radius 2 is 1.76 bits per heavy atom. The molecule has 3 aromatic rings. The second kappa shape index (κ2) is 7.73. The zero-order valence-corrected chi connectivity index (χ0v) is 17.5. The molecule has 0 saturated carbocycles. The standard InChI is InChI=1S/C24H25N3OS/c1-17(21-8-4-5-11-25-21)26-12-14-27(15-13-26)24(28)22-16-19-10-9-18-6-2-3-7-20(18)23(19)29-22/h2-8,11,16-17H,9-10,12-15H2,1H3/t17-/m0/s1. The molecule has 0 spiro atoms. The van der Waals surface area contributed by atoms with Crippen molar-refractivity contribution < 1.29 is 4.79 Å². The number of nitrogens with zero attached hydrogens (tertiary/aromatic N) is 3. The third kappa shape index (κ3) is 3.49. The van der Waals surface area contributed by atoms with Crippen LogP contribution in [-0.2, 0) is 12.8 Å². The van der Waals surface area contributed by atoms with Gasteiger partial charge in [0.2, 0.25) is 0 Å². The Morgan fingerprint density at radius 1 is 1.00 bits per heavy atom. The Labute approximate surface area is 175 Å². The molecule has 1 atom stereocenters. The van der Waals surface area contributed by atoms with E-state index < -0.39 is 0 Å². The van der Waals surface area contributed by atoms with Gasteiger partial charge in [0, 0.05) is 43.3 Å². The second-order valence-corrected chi connectivity index (χ2v) is 8.93. The van der Waals surface area contributed by atoms with Crippen LogP contribution in [0.25, 0.3) is 10.4 Å². The molecule has 0 unspecified atom stereocenters. The Hall–Kier alpha value is -2.50. The number of piperazine rings is 1. The zero-order valence-electron chi connectivity index (χ0n) is 16.7. The van der Waals surface area contributed by atoms with Crippen LogP contribution in [0, 0.1) is 0 Å². The van der Waals surface area contributed by atoms with E-state index in [1.54, 1.807) is 11.3 Å². The van der Waals surface area contributed by atoms with Crippen LogP contribution in [0.3, 0.4) is 0 Å². The molecule has 2 aromatic heterocycles. The maximum atomic E-state index is 13.2. The molecule has 1 aliphatic heterocycles. The van der Waals surface area contributed by atoms with Gasteiger partial charge in [0.1, 0.15) is 0 Å². The van der Waals surface area contributed by atoms with Crippen LogP contribution in [0.2, 0.25) is 0 Å². The lowest BCUT2D eigenvalue weighted by atomic mass is 9.91. The number of pyridine rings is 1. The normalized spacial score (nSPS) is 17.5. The van der Waals surface area contributed by atoms with E-state index in [0.29, 0.717) is 0 Å². The minimum atomic E-state index is 0.187. The van der Waals surface area contributed by atoms with Gasteiger partial charge in [0.25, 0.3) is 5.91 Å². The number of hydrogen-bond donors (Lipinski definition) is 0. The molecule has 148 valence electrons. The molecule has 1 fully saturated rings. The summed E-state index contributed by atoms with van der Waals surface area (Å²) >= 11 is 1.67. The SMILES string of the molecule is C[C@@H](c1ccccn1)N1CCN(C(=O)c2cc3c(s2)-c2ccccc2CC3)CC1.